The van der Waals surface area contributed by atoms with E-state index in [0.717, 1.165) is 46.6 Å². The lowest BCUT2D eigenvalue weighted by Crippen LogP contribution is -2.68. The third-order valence-electron chi connectivity index (χ3n) is 13.2. The van der Waals surface area contributed by atoms with Gasteiger partial charge in [0, 0.05) is 68.5 Å². The van der Waals surface area contributed by atoms with Crippen LogP contribution in [0, 0.1) is 17.0 Å². The van der Waals surface area contributed by atoms with E-state index < -0.39 is 28.1 Å². The molecule has 3 aromatic heterocycles. The molecule has 72 heavy (non-hydrogen) atoms. The fourth-order valence-electron chi connectivity index (χ4n) is 9.63. The van der Waals surface area contributed by atoms with Crippen molar-refractivity contribution in [2.75, 3.05) is 39.3 Å². The number of aromatic amines is 1. The first kappa shape index (κ1) is 50.0. The van der Waals surface area contributed by atoms with Crippen molar-refractivity contribution in [2.24, 2.45) is 5.41 Å². The molecule has 4 aliphatic heterocycles. The Morgan fingerprint density at radius 3 is 1.79 bits per heavy atom. The smallest absolute Gasteiger partial charge is 0.410 e. The number of halogens is 3. The molecule has 4 amide bonds. The largest absolute Gasteiger partial charge is 0.444 e. The number of H-pyrrole nitrogens is 1. The predicted molar refractivity (Wildman–Crippen MR) is 262 cm³/mol. The van der Waals surface area contributed by atoms with Gasteiger partial charge in [-0.25, -0.2) is 38.3 Å². The fourth-order valence-corrected chi connectivity index (χ4v) is 10.1. The number of carbonyl (C=O) groups is 6. The van der Waals surface area contributed by atoms with E-state index in [1.165, 1.54) is 29.2 Å². The average Bonchev–Trinajstić information content (AvgIpc) is 3.70. The average molecular weight is 1050 g/mol. The number of aromatic nitrogens is 5. The molecule has 0 bridgehead atoms. The Morgan fingerprint density at radius 2 is 1.25 bits per heavy atom. The number of nitrogens with one attached hydrogen (secondary N) is 3. The highest BCUT2D eigenvalue weighted by Crippen LogP contribution is 2.45. The van der Waals surface area contributed by atoms with E-state index in [1.54, 1.807) is 62.3 Å². The van der Waals surface area contributed by atoms with Crippen LogP contribution in [-0.2, 0) is 43.7 Å². The molecule has 20 heteroatoms. The molecule has 3 fully saturated rings. The number of rotatable bonds is 2. The molecule has 0 radical (unpaired) electrons. The minimum atomic E-state index is -0.579. The number of piperidine rings is 1. The summed E-state index contributed by atoms with van der Waals surface area (Å²) in [5.41, 5.74) is 5.37. The number of hydrogen-bond donors (Lipinski definition) is 3. The summed E-state index contributed by atoms with van der Waals surface area (Å²) in [6.07, 6.45) is 5.55. The molecule has 2 aliphatic carbocycles. The predicted octanol–water partition coefficient (Wildman–Crippen LogP) is 7.10. The summed E-state index contributed by atoms with van der Waals surface area (Å²) < 4.78 is 37.7. The van der Waals surface area contributed by atoms with Crippen LogP contribution in [0.1, 0.15) is 97.6 Å². The van der Waals surface area contributed by atoms with Crippen LogP contribution in [0.3, 0.4) is 0 Å². The van der Waals surface area contributed by atoms with E-state index in [4.69, 9.17) is 14.5 Å². The van der Waals surface area contributed by atoms with Gasteiger partial charge in [-0.3, -0.25) is 19.2 Å². The molecule has 3 N–H and O–H groups in total. The summed E-state index contributed by atoms with van der Waals surface area (Å²) in [6.45, 7) is 13.3. The van der Waals surface area contributed by atoms with E-state index >= 15 is 0 Å². The van der Waals surface area contributed by atoms with Crippen molar-refractivity contribution in [1.29, 1.82) is 0 Å². The highest BCUT2D eigenvalue weighted by atomic mass is 79.9. The molecule has 0 saturated carbocycles. The number of aryl methyl sites for hydroxylation is 2. The molecule has 2 aromatic carbocycles. The van der Waals surface area contributed by atoms with Crippen LogP contribution >= 0.6 is 15.9 Å². The quantitative estimate of drug-likeness (QED) is 0.119. The summed E-state index contributed by atoms with van der Waals surface area (Å²) in [4.78, 5) is 96.5. The summed E-state index contributed by atoms with van der Waals surface area (Å²) in [7, 11) is 0. The maximum Gasteiger partial charge on any atom is 0.410 e. The molecule has 2 spiro atoms. The first-order chi connectivity index (χ1) is 34.0. The van der Waals surface area contributed by atoms with Crippen molar-refractivity contribution >= 4 is 51.5 Å². The molecule has 3 saturated heterocycles. The maximum absolute atomic E-state index is 13.8. The third kappa shape index (κ3) is 10.1. The molecule has 376 valence electrons. The third-order valence-corrected chi connectivity index (χ3v) is 14.1. The lowest BCUT2D eigenvalue weighted by Gasteiger charge is -2.51. The number of amides is 4. The Bertz CT molecular complexity index is 3040. The monoisotopic (exact) mass is 1050 g/mol. The topological polar surface area (TPSA) is 219 Å². The highest BCUT2D eigenvalue weighted by molar-refractivity contribution is 9.10. The van der Waals surface area contributed by atoms with Crippen molar-refractivity contribution in [1.82, 2.24) is 45.4 Å². The van der Waals surface area contributed by atoms with Gasteiger partial charge < -0.3 is 34.9 Å². The second-order valence-electron chi connectivity index (χ2n) is 21.0. The van der Waals surface area contributed by atoms with Crippen molar-refractivity contribution in [2.45, 2.75) is 95.1 Å². The summed E-state index contributed by atoms with van der Waals surface area (Å²) in [5, 5.41) is 5.70. The van der Waals surface area contributed by atoms with Gasteiger partial charge in [0.25, 0.3) is 5.91 Å². The van der Waals surface area contributed by atoms with E-state index in [9.17, 15) is 37.5 Å². The van der Waals surface area contributed by atoms with E-state index in [-0.39, 0.29) is 52.4 Å². The highest BCUT2D eigenvalue weighted by Gasteiger charge is 2.55. The molecule has 11 rings (SSSR count). The van der Waals surface area contributed by atoms with Crippen molar-refractivity contribution in [3.05, 3.63) is 106 Å². The van der Waals surface area contributed by atoms with Crippen LogP contribution in [0.2, 0.25) is 0 Å². The van der Waals surface area contributed by atoms with Gasteiger partial charge in [0.2, 0.25) is 5.91 Å². The van der Waals surface area contributed by atoms with Crippen molar-refractivity contribution < 1.29 is 47.0 Å². The summed E-state index contributed by atoms with van der Waals surface area (Å²) in [5.74, 6) is -0.326. The van der Waals surface area contributed by atoms with Gasteiger partial charge in [0.05, 0.1) is 39.0 Å². The van der Waals surface area contributed by atoms with Crippen LogP contribution in [-0.4, -0.2) is 126 Å². The number of alkyl halides is 1. The lowest BCUT2D eigenvalue weighted by atomic mass is 9.72. The Labute approximate surface area is 422 Å². The second-order valence-corrected chi connectivity index (χ2v) is 22.2. The molecule has 1 unspecified atom stereocenters. The zero-order chi connectivity index (χ0) is 51.5. The molecule has 1 atom stereocenters. The molecule has 6 aliphatic rings. The van der Waals surface area contributed by atoms with Crippen LogP contribution in [0.5, 0.6) is 0 Å². The standard InChI is InChI=1S/C26H26FN5O3.C14H10BrFN2O.C12H18N2O4/c1-25(2,3)35-24(34)32-12-26(13-32)11-29-23(33)18-17-8-7-15-10-28-22(14-5-4-6-16(27)9-14)31-19(15)20(17)30-21(18)26;15-11-5-4-9-7-17-14(18-12(9)13(11)19)8-2-1-3-10(16)6-8;1-11(2,3)18-10(17)14-6-12(7-14)5-13-9(16)4-8(12)15/h4-6,9-10,30H,7-8,11-13H2,1-3H3,(H,29,33);1-3,6-7,11H,4-5H2;4-7H2,1-3H3,(H,13,16). The molecule has 17 nitrogen and oxygen atoms in total. The van der Waals surface area contributed by atoms with Crippen molar-refractivity contribution in [3.63, 3.8) is 0 Å². The second kappa shape index (κ2) is 18.9. The number of benzene rings is 2. The van der Waals surface area contributed by atoms with Crippen LogP contribution in [0.4, 0.5) is 18.4 Å². The number of fused-ring (bicyclic) bond motifs is 7. The van der Waals surface area contributed by atoms with Crippen LogP contribution in [0.15, 0.2) is 60.9 Å². The Morgan fingerprint density at radius 1 is 0.722 bits per heavy atom. The molecular formula is C52H54BrF2N9O8. The van der Waals surface area contributed by atoms with Gasteiger partial charge in [-0.05, 0) is 108 Å². The van der Waals surface area contributed by atoms with E-state index in [2.05, 4.69) is 46.5 Å². The molecular weight excluding hydrogens is 997 g/mol. The summed E-state index contributed by atoms with van der Waals surface area (Å²) >= 11 is 3.35. The first-order valence-corrected chi connectivity index (χ1v) is 24.6. The number of ketones is 2. The van der Waals surface area contributed by atoms with Gasteiger partial charge in [-0.2, -0.15) is 0 Å². The maximum atomic E-state index is 13.8. The summed E-state index contributed by atoms with van der Waals surface area (Å²) in [6, 6.07) is 12.3. The molecule has 5 aromatic rings. The lowest BCUT2D eigenvalue weighted by molar-refractivity contribution is -0.146. The van der Waals surface area contributed by atoms with Gasteiger partial charge in [-0.1, -0.05) is 40.2 Å². The number of nitrogens with zero attached hydrogens (tertiary/aromatic N) is 6. The minimum Gasteiger partial charge on any atom is -0.444 e. The minimum absolute atomic E-state index is 0.0266. The Kier molecular flexibility index (Phi) is 13.1. The van der Waals surface area contributed by atoms with Crippen LogP contribution in [0.25, 0.3) is 34.2 Å². The van der Waals surface area contributed by atoms with Crippen LogP contribution < -0.4 is 10.6 Å². The molecule has 7 heterocycles. The normalized spacial score (nSPS) is 19.0. The number of Topliss-reactive ketones (excluding diaryl/α,β-unsaturated/α-hetero) is 2. The fraction of sp³-hybridized carbons (Fsp3) is 0.423. The first-order valence-electron chi connectivity index (χ1n) is 23.7. The SMILES string of the molecule is CC(C)(C)OC(=O)N1CC2(CNC(=O)CC2=O)C1.CC(C)(C)OC(=O)N1CC2(CNC(=O)c3c2[nH]c2c3CCc3cnc(-c4cccc(F)c4)nc3-2)C1.O=C1c2nc(-c3cccc(F)c3)ncc2CCC1Br. The number of ether oxygens (including phenoxy) is 2. The van der Waals surface area contributed by atoms with Crippen molar-refractivity contribution in [3.8, 4) is 34.2 Å². The van der Waals surface area contributed by atoms with Gasteiger partial charge in [0.15, 0.2) is 23.2 Å². The Balaban J connectivity index is 0.000000146. The van der Waals surface area contributed by atoms with E-state index in [0.29, 0.717) is 86.1 Å². The number of likely N-dealkylation sites (tertiary alicyclic amines) is 2. The number of carbonyl (C=O) groups excluding carboxylic acids is 6. The zero-order valence-electron chi connectivity index (χ0n) is 40.7. The Hall–Kier alpha value is -6.96. The number of hydrogen-bond acceptors (Lipinski definition) is 12. The zero-order valence-corrected chi connectivity index (χ0v) is 42.3. The van der Waals surface area contributed by atoms with Gasteiger partial charge in [0.1, 0.15) is 28.5 Å². The van der Waals surface area contributed by atoms with E-state index in [1.807, 2.05) is 20.8 Å². The van der Waals surface area contributed by atoms with Gasteiger partial charge >= 0.3 is 12.2 Å². The van der Waals surface area contributed by atoms with Gasteiger partial charge in [-0.15, -0.1) is 0 Å².